The third-order valence-corrected chi connectivity index (χ3v) is 4.19. The Bertz CT molecular complexity index is 337. The second-order valence-electron chi connectivity index (χ2n) is 4.13. The number of hydrogen-bond acceptors (Lipinski definition) is 2. The van der Waals surface area contributed by atoms with Crippen LogP contribution < -0.4 is 5.32 Å². The van der Waals surface area contributed by atoms with Crippen molar-refractivity contribution in [2.24, 2.45) is 0 Å². The summed E-state index contributed by atoms with van der Waals surface area (Å²) in [6.45, 7) is 2.09. The van der Waals surface area contributed by atoms with Gasteiger partial charge < -0.3 is 5.32 Å². The van der Waals surface area contributed by atoms with Gasteiger partial charge in [0.1, 0.15) is 0 Å². The van der Waals surface area contributed by atoms with Gasteiger partial charge in [0, 0.05) is 34.0 Å². The van der Waals surface area contributed by atoms with Gasteiger partial charge in [-0.2, -0.15) is 0 Å². The lowest BCUT2D eigenvalue weighted by atomic mass is 10.1. The molecule has 1 N–H and O–H groups in total. The molecule has 1 saturated heterocycles. The van der Waals surface area contributed by atoms with Crippen molar-refractivity contribution in [3.05, 3.63) is 29.8 Å². The van der Waals surface area contributed by atoms with Crippen molar-refractivity contribution in [2.75, 3.05) is 16.8 Å². The molecule has 0 bridgehead atoms. The molecular formula is C12H17NOS. The van der Waals surface area contributed by atoms with E-state index in [4.69, 9.17) is 0 Å². The van der Waals surface area contributed by atoms with E-state index < -0.39 is 10.8 Å². The van der Waals surface area contributed by atoms with Gasteiger partial charge in [-0.05, 0) is 31.9 Å². The van der Waals surface area contributed by atoms with Crippen LogP contribution in [0.1, 0.15) is 18.4 Å². The van der Waals surface area contributed by atoms with E-state index >= 15 is 0 Å². The van der Waals surface area contributed by atoms with Crippen LogP contribution in [0.4, 0.5) is 5.69 Å². The molecule has 2 nitrogen and oxygen atoms in total. The summed E-state index contributed by atoms with van der Waals surface area (Å²) in [5, 5.41) is 3.49. The minimum atomic E-state index is -0.563. The average Bonchev–Trinajstić information content (AvgIpc) is 2.25. The summed E-state index contributed by atoms with van der Waals surface area (Å²) in [6, 6.07) is 8.96. The van der Waals surface area contributed by atoms with E-state index in [1.165, 1.54) is 11.3 Å². The molecule has 3 heteroatoms. The lowest BCUT2D eigenvalue weighted by Gasteiger charge is -2.23. The average molecular weight is 223 g/mol. The maximum atomic E-state index is 11.2. The van der Waals surface area contributed by atoms with Gasteiger partial charge >= 0.3 is 0 Å². The maximum Gasteiger partial charge on any atom is 0.0342 e. The minimum absolute atomic E-state index is 0.505. The number of nitrogens with one attached hydrogen (secondary N) is 1. The first-order valence-electron chi connectivity index (χ1n) is 5.42. The third kappa shape index (κ3) is 3.06. The van der Waals surface area contributed by atoms with E-state index in [0.29, 0.717) is 6.04 Å². The number of aryl methyl sites for hydroxylation is 1. The molecular weight excluding hydrogens is 206 g/mol. The van der Waals surface area contributed by atoms with Crippen molar-refractivity contribution in [2.45, 2.75) is 25.8 Å². The summed E-state index contributed by atoms with van der Waals surface area (Å²) in [7, 11) is -0.563. The predicted molar refractivity (Wildman–Crippen MR) is 65.7 cm³/mol. The summed E-state index contributed by atoms with van der Waals surface area (Å²) < 4.78 is 11.2. The Morgan fingerprint density at radius 1 is 1.20 bits per heavy atom. The van der Waals surface area contributed by atoms with E-state index in [-0.39, 0.29) is 0 Å². The molecule has 1 aliphatic rings. The first-order valence-corrected chi connectivity index (χ1v) is 6.91. The predicted octanol–water partition coefficient (Wildman–Crippen LogP) is 2.32. The van der Waals surface area contributed by atoms with Gasteiger partial charge in [-0.3, -0.25) is 4.21 Å². The van der Waals surface area contributed by atoms with Crippen molar-refractivity contribution >= 4 is 16.5 Å². The molecule has 0 aromatic heterocycles. The number of benzene rings is 1. The van der Waals surface area contributed by atoms with E-state index in [1.807, 2.05) is 0 Å². The summed E-state index contributed by atoms with van der Waals surface area (Å²) in [5.74, 6) is 1.70. The van der Waals surface area contributed by atoms with E-state index in [0.717, 1.165) is 24.3 Å². The van der Waals surface area contributed by atoms with E-state index in [2.05, 4.69) is 36.5 Å². The van der Waals surface area contributed by atoms with Crippen LogP contribution >= 0.6 is 0 Å². The van der Waals surface area contributed by atoms with Gasteiger partial charge in [0.15, 0.2) is 0 Å². The Labute approximate surface area is 93.5 Å². The summed E-state index contributed by atoms with van der Waals surface area (Å²) in [6.07, 6.45) is 2.06. The first-order chi connectivity index (χ1) is 7.24. The molecule has 15 heavy (non-hydrogen) atoms. The van der Waals surface area contributed by atoms with Crippen molar-refractivity contribution in [3.63, 3.8) is 0 Å². The maximum absolute atomic E-state index is 11.2. The van der Waals surface area contributed by atoms with Crippen LogP contribution in [0.25, 0.3) is 0 Å². The lowest BCUT2D eigenvalue weighted by molar-refractivity contribution is 0.624. The van der Waals surface area contributed by atoms with Crippen LogP contribution in [-0.2, 0) is 10.8 Å². The Hall–Kier alpha value is -0.830. The molecule has 0 atom stereocenters. The lowest BCUT2D eigenvalue weighted by Crippen LogP contribution is -2.29. The molecule has 82 valence electrons. The van der Waals surface area contributed by atoms with Crippen LogP contribution in [-0.4, -0.2) is 21.8 Å². The van der Waals surface area contributed by atoms with Crippen LogP contribution in [0.5, 0.6) is 0 Å². The largest absolute Gasteiger partial charge is 0.382 e. The van der Waals surface area contributed by atoms with Gasteiger partial charge in [0.2, 0.25) is 0 Å². The summed E-state index contributed by atoms with van der Waals surface area (Å²) >= 11 is 0. The zero-order valence-corrected chi connectivity index (χ0v) is 9.85. The van der Waals surface area contributed by atoms with Gasteiger partial charge in [0.25, 0.3) is 0 Å². The van der Waals surface area contributed by atoms with Gasteiger partial charge in [-0.1, -0.05) is 17.7 Å². The quantitative estimate of drug-likeness (QED) is 0.833. The molecule has 1 heterocycles. The van der Waals surface area contributed by atoms with Crippen molar-refractivity contribution < 1.29 is 4.21 Å². The second kappa shape index (κ2) is 4.79. The fourth-order valence-corrected chi connectivity index (χ4v) is 3.12. The van der Waals surface area contributed by atoms with Crippen molar-refractivity contribution in [3.8, 4) is 0 Å². The molecule has 1 aromatic rings. The molecule has 1 aromatic carbocycles. The zero-order valence-electron chi connectivity index (χ0n) is 9.03. The van der Waals surface area contributed by atoms with Gasteiger partial charge in [0.05, 0.1) is 0 Å². The highest BCUT2D eigenvalue weighted by atomic mass is 32.2. The molecule has 1 fully saturated rings. The molecule has 0 aliphatic carbocycles. The topological polar surface area (TPSA) is 29.1 Å². The van der Waals surface area contributed by atoms with Crippen molar-refractivity contribution in [1.29, 1.82) is 0 Å². The van der Waals surface area contributed by atoms with Crippen LogP contribution in [0.2, 0.25) is 0 Å². The standard InChI is InChI=1S/C12H17NOS/c1-10-2-4-11(5-3-10)13-12-6-8-15(14)9-7-12/h2-5,12-13H,6-9H2,1H3. The molecule has 0 amide bonds. The monoisotopic (exact) mass is 223 g/mol. The molecule has 0 spiro atoms. The van der Waals surface area contributed by atoms with Gasteiger partial charge in [-0.25, -0.2) is 0 Å². The smallest absolute Gasteiger partial charge is 0.0342 e. The SMILES string of the molecule is Cc1ccc(NC2CCS(=O)CC2)cc1. The molecule has 0 radical (unpaired) electrons. The normalized spacial score (nSPS) is 26.2. The van der Waals surface area contributed by atoms with Crippen molar-refractivity contribution in [1.82, 2.24) is 0 Å². The molecule has 1 aliphatic heterocycles. The highest BCUT2D eigenvalue weighted by Gasteiger charge is 2.17. The zero-order chi connectivity index (χ0) is 10.7. The van der Waals surface area contributed by atoms with Crippen LogP contribution in [0.15, 0.2) is 24.3 Å². The first kappa shape index (κ1) is 10.7. The second-order valence-corrected chi connectivity index (χ2v) is 5.83. The fraction of sp³-hybridized carbons (Fsp3) is 0.500. The molecule has 0 unspecified atom stereocenters. The highest BCUT2D eigenvalue weighted by molar-refractivity contribution is 7.85. The highest BCUT2D eigenvalue weighted by Crippen LogP contribution is 2.16. The minimum Gasteiger partial charge on any atom is -0.382 e. The van der Waals surface area contributed by atoms with Crippen LogP contribution in [0, 0.1) is 6.92 Å². The Balaban J connectivity index is 1.91. The number of rotatable bonds is 2. The Kier molecular flexibility index (Phi) is 3.41. The number of anilines is 1. The summed E-state index contributed by atoms with van der Waals surface area (Å²) in [4.78, 5) is 0. The van der Waals surface area contributed by atoms with E-state index in [1.54, 1.807) is 0 Å². The van der Waals surface area contributed by atoms with Crippen LogP contribution in [0.3, 0.4) is 0 Å². The number of hydrogen-bond donors (Lipinski definition) is 1. The third-order valence-electron chi connectivity index (χ3n) is 2.81. The Morgan fingerprint density at radius 3 is 2.40 bits per heavy atom. The van der Waals surface area contributed by atoms with E-state index in [9.17, 15) is 4.21 Å². The van der Waals surface area contributed by atoms with Gasteiger partial charge in [-0.15, -0.1) is 0 Å². The Morgan fingerprint density at radius 2 is 1.80 bits per heavy atom. The molecule has 2 rings (SSSR count). The molecule has 0 saturated carbocycles. The summed E-state index contributed by atoms with van der Waals surface area (Å²) in [5.41, 5.74) is 2.46. The fourth-order valence-electron chi connectivity index (χ4n) is 1.82.